The molecule has 1 aromatic carbocycles. The van der Waals surface area contributed by atoms with Crippen LogP contribution in [0.4, 0.5) is 14.5 Å². The van der Waals surface area contributed by atoms with E-state index in [1.54, 1.807) is 6.92 Å². The highest BCUT2D eigenvalue weighted by Gasteiger charge is 2.22. The smallest absolute Gasteiger partial charge is 0.149 e. The molecule has 2 nitrogen and oxygen atoms in total. The van der Waals surface area contributed by atoms with Crippen LogP contribution in [0.15, 0.2) is 6.07 Å². The Labute approximate surface area is 123 Å². The molecule has 112 valence electrons. The molecule has 0 atom stereocenters. The van der Waals surface area contributed by atoms with Gasteiger partial charge in [0.1, 0.15) is 17.2 Å². The van der Waals surface area contributed by atoms with Crippen molar-refractivity contribution in [2.24, 2.45) is 0 Å². The maximum absolute atomic E-state index is 14.6. The van der Waals surface area contributed by atoms with E-state index in [-0.39, 0.29) is 11.3 Å². The molecule has 4 heteroatoms. The Morgan fingerprint density at radius 2 is 2.00 bits per heavy atom. The summed E-state index contributed by atoms with van der Waals surface area (Å²) in [4.78, 5) is 4.43. The maximum Gasteiger partial charge on any atom is 0.149 e. The molecule has 0 saturated carbocycles. The average molecular weight is 290 g/mol. The summed E-state index contributed by atoms with van der Waals surface area (Å²) in [6, 6.07) is 1.24. The fourth-order valence-corrected chi connectivity index (χ4v) is 3.09. The number of rotatable bonds is 3. The summed E-state index contributed by atoms with van der Waals surface area (Å²) in [6.45, 7) is 4.41. The molecule has 1 heterocycles. The number of halogens is 2. The Bertz CT molecular complexity index is 695. The second-order valence-corrected chi connectivity index (χ2v) is 5.76. The van der Waals surface area contributed by atoms with Gasteiger partial charge in [-0.1, -0.05) is 6.92 Å². The van der Waals surface area contributed by atoms with Crippen LogP contribution >= 0.6 is 0 Å². The SMILES string of the molecule is CCCNc1c2c(nc3c(F)cc(C)c(F)c13)CCCC2. The van der Waals surface area contributed by atoms with E-state index in [2.05, 4.69) is 17.2 Å². The number of anilines is 1. The Balaban J connectivity index is 2.35. The van der Waals surface area contributed by atoms with E-state index in [1.807, 2.05) is 0 Å². The molecule has 0 unspecified atom stereocenters. The first-order valence-corrected chi connectivity index (χ1v) is 7.67. The fraction of sp³-hybridized carbons (Fsp3) is 0.471. The number of aromatic nitrogens is 1. The lowest BCUT2D eigenvalue weighted by Crippen LogP contribution is -2.13. The van der Waals surface area contributed by atoms with Crippen LogP contribution in [-0.4, -0.2) is 11.5 Å². The van der Waals surface area contributed by atoms with Crippen molar-refractivity contribution in [3.8, 4) is 0 Å². The van der Waals surface area contributed by atoms with Gasteiger partial charge in [-0.2, -0.15) is 0 Å². The molecule has 1 aromatic heterocycles. The number of hydrogen-bond acceptors (Lipinski definition) is 2. The zero-order valence-corrected chi connectivity index (χ0v) is 12.5. The van der Waals surface area contributed by atoms with Gasteiger partial charge in [0.15, 0.2) is 0 Å². The summed E-state index contributed by atoms with van der Waals surface area (Å²) < 4.78 is 28.8. The van der Waals surface area contributed by atoms with Gasteiger partial charge >= 0.3 is 0 Å². The summed E-state index contributed by atoms with van der Waals surface area (Å²) in [5, 5.41) is 3.64. The number of hydrogen-bond donors (Lipinski definition) is 1. The standard InChI is InChI=1S/C17H20F2N2/c1-3-8-20-16-11-6-4-5-7-13(11)21-17-12(18)9-10(2)15(19)14(16)17/h9H,3-8H2,1-2H3,(H,20,21). The lowest BCUT2D eigenvalue weighted by Gasteiger charge is -2.22. The van der Waals surface area contributed by atoms with Gasteiger partial charge in [0, 0.05) is 12.2 Å². The number of nitrogens with one attached hydrogen (secondary N) is 1. The van der Waals surface area contributed by atoms with Gasteiger partial charge in [0.2, 0.25) is 0 Å². The molecule has 2 aromatic rings. The van der Waals surface area contributed by atoms with Crippen molar-refractivity contribution < 1.29 is 8.78 Å². The lowest BCUT2D eigenvalue weighted by molar-refractivity contribution is 0.604. The van der Waals surface area contributed by atoms with E-state index >= 15 is 0 Å². The molecule has 0 amide bonds. The highest BCUT2D eigenvalue weighted by Crippen LogP contribution is 2.36. The van der Waals surface area contributed by atoms with E-state index in [9.17, 15) is 8.78 Å². The second kappa shape index (κ2) is 5.58. The predicted octanol–water partition coefficient (Wildman–Crippen LogP) is 4.52. The van der Waals surface area contributed by atoms with Crippen LogP contribution in [-0.2, 0) is 12.8 Å². The molecule has 0 spiro atoms. The first-order chi connectivity index (χ1) is 10.1. The average Bonchev–Trinajstić information content (AvgIpc) is 2.49. The third kappa shape index (κ3) is 2.37. The van der Waals surface area contributed by atoms with Gasteiger partial charge in [0.05, 0.1) is 11.1 Å². The van der Waals surface area contributed by atoms with Crippen LogP contribution in [0.5, 0.6) is 0 Å². The topological polar surface area (TPSA) is 24.9 Å². The summed E-state index contributed by atoms with van der Waals surface area (Å²) >= 11 is 0. The zero-order valence-electron chi connectivity index (χ0n) is 12.5. The van der Waals surface area contributed by atoms with Gasteiger partial charge in [-0.15, -0.1) is 0 Å². The number of aryl methyl sites for hydroxylation is 2. The molecule has 3 rings (SSSR count). The second-order valence-electron chi connectivity index (χ2n) is 5.76. The third-order valence-electron chi connectivity index (χ3n) is 4.16. The Morgan fingerprint density at radius 1 is 1.24 bits per heavy atom. The third-order valence-corrected chi connectivity index (χ3v) is 4.16. The number of fused-ring (bicyclic) bond motifs is 2. The monoisotopic (exact) mass is 290 g/mol. The quantitative estimate of drug-likeness (QED) is 0.899. The van der Waals surface area contributed by atoms with E-state index < -0.39 is 5.82 Å². The van der Waals surface area contributed by atoms with Gasteiger partial charge in [-0.05, 0) is 56.2 Å². The highest BCUT2D eigenvalue weighted by molar-refractivity contribution is 5.95. The lowest BCUT2D eigenvalue weighted by atomic mass is 9.92. The van der Waals surface area contributed by atoms with Crippen molar-refractivity contribution in [1.29, 1.82) is 0 Å². The maximum atomic E-state index is 14.6. The van der Waals surface area contributed by atoms with Gasteiger partial charge in [-0.25, -0.2) is 13.8 Å². The number of pyridine rings is 1. The van der Waals surface area contributed by atoms with Crippen LogP contribution in [0.25, 0.3) is 10.9 Å². The summed E-state index contributed by atoms with van der Waals surface area (Å²) in [5.41, 5.74) is 3.26. The minimum Gasteiger partial charge on any atom is -0.384 e. The predicted molar refractivity (Wildman–Crippen MR) is 81.8 cm³/mol. The van der Waals surface area contributed by atoms with Crippen LogP contribution in [0.3, 0.4) is 0 Å². The normalized spacial score (nSPS) is 14.3. The number of nitrogens with zero attached hydrogens (tertiary/aromatic N) is 1. The molecule has 0 radical (unpaired) electrons. The van der Waals surface area contributed by atoms with Crippen molar-refractivity contribution >= 4 is 16.6 Å². The van der Waals surface area contributed by atoms with Crippen LogP contribution in [0.2, 0.25) is 0 Å². The van der Waals surface area contributed by atoms with Crippen molar-refractivity contribution in [3.05, 3.63) is 34.5 Å². The van der Waals surface area contributed by atoms with Crippen molar-refractivity contribution in [2.75, 3.05) is 11.9 Å². The summed E-state index contributed by atoms with van der Waals surface area (Å²) in [7, 11) is 0. The summed E-state index contributed by atoms with van der Waals surface area (Å²) in [6.07, 6.45) is 4.82. The van der Waals surface area contributed by atoms with E-state index in [0.717, 1.165) is 55.6 Å². The zero-order chi connectivity index (χ0) is 15.0. The molecule has 0 fully saturated rings. The van der Waals surface area contributed by atoms with E-state index in [1.165, 1.54) is 6.07 Å². The van der Waals surface area contributed by atoms with Gasteiger partial charge in [-0.3, -0.25) is 0 Å². The van der Waals surface area contributed by atoms with E-state index in [0.29, 0.717) is 10.9 Å². The fourth-order valence-electron chi connectivity index (χ4n) is 3.09. The van der Waals surface area contributed by atoms with Gasteiger partial charge < -0.3 is 5.32 Å². The van der Waals surface area contributed by atoms with Crippen LogP contribution in [0.1, 0.15) is 43.0 Å². The highest BCUT2D eigenvalue weighted by atomic mass is 19.1. The molecule has 1 N–H and O–H groups in total. The molecule has 0 aliphatic heterocycles. The van der Waals surface area contributed by atoms with Crippen molar-refractivity contribution in [2.45, 2.75) is 46.0 Å². The summed E-state index contributed by atoms with van der Waals surface area (Å²) in [5.74, 6) is -0.789. The first-order valence-electron chi connectivity index (χ1n) is 7.67. The van der Waals surface area contributed by atoms with Gasteiger partial charge in [0.25, 0.3) is 0 Å². The molecule has 1 aliphatic carbocycles. The Kier molecular flexibility index (Phi) is 3.79. The number of benzene rings is 1. The first kappa shape index (κ1) is 14.2. The van der Waals surface area contributed by atoms with Crippen LogP contribution in [0, 0.1) is 18.6 Å². The largest absolute Gasteiger partial charge is 0.384 e. The molecular weight excluding hydrogens is 270 g/mol. The Morgan fingerprint density at radius 3 is 2.76 bits per heavy atom. The van der Waals surface area contributed by atoms with Crippen LogP contribution < -0.4 is 5.32 Å². The van der Waals surface area contributed by atoms with Crippen molar-refractivity contribution in [1.82, 2.24) is 4.98 Å². The molecule has 1 aliphatic rings. The minimum atomic E-state index is -0.433. The van der Waals surface area contributed by atoms with Crippen molar-refractivity contribution in [3.63, 3.8) is 0 Å². The molecular formula is C17H20F2N2. The Hall–Kier alpha value is -1.71. The molecule has 0 bridgehead atoms. The minimum absolute atomic E-state index is 0.164. The molecule has 21 heavy (non-hydrogen) atoms. The van der Waals surface area contributed by atoms with E-state index in [4.69, 9.17) is 0 Å². The molecule has 0 saturated heterocycles.